The molecule has 5 nitrogen and oxygen atoms in total. The summed E-state index contributed by atoms with van der Waals surface area (Å²) in [5.41, 5.74) is 1.92. The predicted molar refractivity (Wildman–Crippen MR) is 122 cm³/mol. The molecule has 6 heteroatoms. The number of hydrogen-bond donors (Lipinski definition) is 0. The van der Waals surface area contributed by atoms with Gasteiger partial charge in [0.25, 0.3) is 5.91 Å². The van der Waals surface area contributed by atoms with Gasteiger partial charge in [0.2, 0.25) is 0 Å². The zero-order chi connectivity index (χ0) is 20.8. The van der Waals surface area contributed by atoms with Crippen LogP contribution < -0.4 is 9.64 Å². The number of ether oxygens (including phenoxy) is 2. The highest BCUT2D eigenvalue weighted by Gasteiger charge is 2.25. The average molecular weight is 427 g/mol. The molecule has 2 fully saturated rings. The van der Waals surface area contributed by atoms with Crippen molar-refractivity contribution in [1.29, 1.82) is 0 Å². The van der Waals surface area contributed by atoms with Gasteiger partial charge in [0.1, 0.15) is 5.75 Å². The summed E-state index contributed by atoms with van der Waals surface area (Å²) in [5, 5.41) is 0. The Morgan fingerprint density at radius 2 is 1.87 bits per heavy atom. The lowest BCUT2D eigenvalue weighted by atomic mass is 10.1. The van der Waals surface area contributed by atoms with Crippen LogP contribution in [0.2, 0.25) is 0 Å². The van der Waals surface area contributed by atoms with Crippen molar-refractivity contribution in [3.8, 4) is 5.75 Å². The van der Waals surface area contributed by atoms with E-state index in [4.69, 9.17) is 9.47 Å². The molecule has 1 atom stereocenters. The maximum atomic E-state index is 13.3. The zero-order valence-electron chi connectivity index (χ0n) is 17.6. The first kappa shape index (κ1) is 21.1. The van der Waals surface area contributed by atoms with Gasteiger partial charge in [-0.1, -0.05) is 24.3 Å². The van der Waals surface area contributed by atoms with Crippen molar-refractivity contribution >= 4 is 23.4 Å². The Bertz CT molecular complexity index is 846. The summed E-state index contributed by atoms with van der Waals surface area (Å²) >= 11 is 1.74. The molecule has 30 heavy (non-hydrogen) atoms. The van der Waals surface area contributed by atoms with Gasteiger partial charge in [-0.05, 0) is 44.0 Å². The maximum Gasteiger partial charge on any atom is 0.255 e. The monoisotopic (exact) mass is 426 g/mol. The van der Waals surface area contributed by atoms with E-state index < -0.39 is 0 Å². The Morgan fingerprint density at radius 3 is 2.63 bits per heavy atom. The van der Waals surface area contributed by atoms with Crippen LogP contribution >= 0.6 is 11.8 Å². The van der Waals surface area contributed by atoms with Gasteiger partial charge in [-0.15, -0.1) is 11.8 Å². The van der Waals surface area contributed by atoms with Crippen molar-refractivity contribution in [2.45, 2.75) is 30.8 Å². The molecule has 160 valence electrons. The Hall–Kier alpha value is -2.18. The second-order valence-corrected chi connectivity index (χ2v) is 8.68. The minimum absolute atomic E-state index is 0.128. The summed E-state index contributed by atoms with van der Waals surface area (Å²) < 4.78 is 11.5. The van der Waals surface area contributed by atoms with Crippen molar-refractivity contribution < 1.29 is 14.3 Å². The van der Waals surface area contributed by atoms with E-state index in [0.717, 1.165) is 60.2 Å². The molecule has 2 aromatic carbocycles. The van der Waals surface area contributed by atoms with E-state index >= 15 is 0 Å². The zero-order valence-corrected chi connectivity index (χ0v) is 18.4. The van der Waals surface area contributed by atoms with Crippen LogP contribution in [0.1, 0.15) is 30.1 Å². The van der Waals surface area contributed by atoms with Gasteiger partial charge < -0.3 is 19.3 Å². The Morgan fingerprint density at radius 1 is 1.10 bits per heavy atom. The number of carbonyl (C=O) groups excluding carboxylic acids is 1. The fourth-order valence-corrected chi connectivity index (χ4v) is 5.16. The number of carbonyl (C=O) groups is 1. The third kappa shape index (κ3) is 4.93. The summed E-state index contributed by atoms with van der Waals surface area (Å²) in [6.07, 6.45) is 2.57. The van der Waals surface area contributed by atoms with E-state index in [1.54, 1.807) is 11.8 Å². The topological polar surface area (TPSA) is 42.0 Å². The molecular formula is C24H30N2O3S. The number of benzene rings is 2. The van der Waals surface area contributed by atoms with Crippen LogP contribution in [0.25, 0.3) is 0 Å². The molecule has 1 amide bonds. The molecule has 2 aromatic rings. The van der Waals surface area contributed by atoms with E-state index in [2.05, 4.69) is 17.0 Å². The Labute approximate surface area is 183 Å². The van der Waals surface area contributed by atoms with Crippen LogP contribution in [0, 0.1) is 0 Å². The van der Waals surface area contributed by atoms with Crippen molar-refractivity contribution in [2.24, 2.45) is 0 Å². The van der Waals surface area contributed by atoms with E-state index in [0.29, 0.717) is 25.8 Å². The van der Waals surface area contributed by atoms with Gasteiger partial charge in [-0.3, -0.25) is 4.79 Å². The standard InChI is InChI=1S/C24H30N2O3S/c1-2-28-22-11-5-4-10-21(22)25-13-15-26(16-14-25)24(27)20-9-3-6-12-23(20)30-18-19-8-7-17-29-19/h3-6,9-12,19H,2,7-8,13-18H2,1H3. The van der Waals surface area contributed by atoms with Gasteiger partial charge in [0.05, 0.1) is 24.0 Å². The molecule has 1 unspecified atom stereocenters. The van der Waals surface area contributed by atoms with Crippen LogP contribution in [0.3, 0.4) is 0 Å². The molecule has 2 aliphatic heterocycles. The quantitative estimate of drug-likeness (QED) is 0.617. The highest BCUT2D eigenvalue weighted by molar-refractivity contribution is 7.99. The van der Waals surface area contributed by atoms with Crippen molar-refractivity contribution in [2.75, 3.05) is 50.0 Å². The average Bonchev–Trinajstić information content (AvgIpc) is 3.32. The van der Waals surface area contributed by atoms with Gasteiger partial charge in [-0.2, -0.15) is 0 Å². The van der Waals surface area contributed by atoms with Crippen LogP contribution in [0.5, 0.6) is 5.75 Å². The second kappa shape index (κ2) is 10.2. The third-order valence-electron chi connectivity index (χ3n) is 5.64. The SMILES string of the molecule is CCOc1ccccc1N1CCN(C(=O)c2ccccc2SCC2CCCO2)CC1. The number of anilines is 1. The van der Waals surface area contributed by atoms with Gasteiger partial charge >= 0.3 is 0 Å². The molecule has 0 aromatic heterocycles. The minimum atomic E-state index is 0.128. The van der Waals surface area contributed by atoms with Gasteiger partial charge in [0.15, 0.2) is 0 Å². The number of hydrogen-bond acceptors (Lipinski definition) is 5. The Balaban J connectivity index is 1.39. The molecule has 0 saturated carbocycles. The first-order valence-electron chi connectivity index (χ1n) is 10.9. The number of thioether (sulfide) groups is 1. The van der Waals surface area contributed by atoms with E-state index in [1.807, 2.05) is 48.2 Å². The van der Waals surface area contributed by atoms with E-state index in [-0.39, 0.29) is 5.91 Å². The lowest BCUT2D eigenvalue weighted by Crippen LogP contribution is -2.49. The lowest BCUT2D eigenvalue weighted by Gasteiger charge is -2.37. The minimum Gasteiger partial charge on any atom is -0.492 e. The van der Waals surface area contributed by atoms with Crippen LogP contribution in [-0.4, -0.2) is 62.1 Å². The highest BCUT2D eigenvalue weighted by Crippen LogP contribution is 2.30. The Kier molecular flexibility index (Phi) is 7.18. The van der Waals surface area contributed by atoms with Crippen molar-refractivity contribution in [3.05, 3.63) is 54.1 Å². The second-order valence-electron chi connectivity index (χ2n) is 7.62. The maximum absolute atomic E-state index is 13.3. The summed E-state index contributed by atoms with van der Waals surface area (Å²) in [5.74, 6) is 1.95. The molecular weight excluding hydrogens is 396 g/mol. The summed E-state index contributed by atoms with van der Waals surface area (Å²) in [4.78, 5) is 18.6. The van der Waals surface area contributed by atoms with Crippen molar-refractivity contribution in [3.63, 3.8) is 0 Å². The normalized spacial score (nSPS) is 19.2. The molecule has 2 aliphatic rings. The number of amides is 1. The van der Waals surface area contributed by atoms with Crippen LogP contribution in [0.4, 0.5) is 5.69 Å². The predicted octanol–water partition coefficient (Wildman–Crippen LogP) is 4.32. The van der Waals surface area contributed by atoms with E-state index in [9.17, 15) is 4.79 Å². The first-order chi connectivity index (χ1) is 14.8. The van der Waals surface area contributed by atoms with Crippen LogP contribution in [0.15, 0.2) is 53.4 Å². The van der Waals surface area contributed by atoms with Crippen molar-refractivity contribution in [1.82, 2.24) is 4.90 Å². The first-order valence-corrected chi connectivity index (χ1v) is 11.8. The molecule has 4 rings (SSSR count). The van der Waals surface area contributed by atoms with Gasteiger partial charge in [-0.25, -0.2) is 0 Å². The fourth-order valence-electron chi connectivity index (χ4n) is 4.04. The largest absolute Gasteiger partial charge is 0.492 e. The summed E-state index contributed by atoms with van der Waals surface area (Å²) in [6, 6.07) is 16.1. The highest BCUT2D eigenvalue weighted by atomic mass is 32.2. The number of rotatable bonds is 7. The molecule has 0 N–H and O–H groups in total. The number of para-hydroxylation sites is 2. The molecule has 0 spiro atoms. The van der Waals surface area contributed by atoms with Crippen LogP contribution in [-0.2, 0) is 4.74 Å². The summed E-state index contributed by atoms with van der Waals surface area (Å²) in [7, 11) is 0. The van der Waals surface area contributed by atoms with Gasteiger partial charge in [0, 0.05) is 43.4 Å². The lowest BCUT2D eigenvalue weighted by molar-refractivity contribution is 0.0743. The third-order valence-corrected chi connectivity index (χ3v) is 6.84. The fraction of sp³-hybridized carbons (Fsp3) is 0.458. The molecule has 0 bridgehead atoms. The number of nitrogens with zero attached hydrogens (tertiary/aromatic N) is 2. The van der Waals surface area contributed by atoms with E-state index in [1.165, 1.54) is 0 Å². The molecule has 0 radical (unpaired) electrons. The summed E-state index contributed by atoms with van der Waals surface area (Å²) in [6.45, 7) is 6.55. The molecule has 2 heterocycles. The number of piperazine rings is 1. The molecule has 2 saturated heterocycles. The molecule has 0 aliphatic carbocycles. The smallest absolute Gasteiger partial charge is 0.255 e.